The van der Waals surface area contributed by atoms with Crippen LogP contribution in [0.4, 0.5) is 0 Å². The fourth-order valence-electron chi connectivity index (χ4n) is 3.61. The Balaban J connectivity index is 1.32. The molecule has 2 aromatic heterocycles. The van der Waals surface area contributed by atoms with Crippen molar-refractivity contribution < 1.29 is 18.7 Å². The molecule has 0 saturated carbocycles. The molecule has 3 atom stereocenters. The van der Waals surface area contributed by atoms with Crippen molar-refractivity contribution in [3.63, 3.8) is 0 Å². The van der Waals surface area contributed by atoms with Crippen molar-refractivity contribution in [1.82, 2.24) is 15.2 Å². The van der Waals surface area contributed by atoms with Gasteiger partial charge in [-0.05, 0) is 37.8 Å². The molecule has 2 aromatic rings. The number of thiazole rings is 1. The van der Waals surface area contributed by atoms with Gasteiger partial charge < -0.3 is 19.4 Å². The van der Waals surface area contributed by atoms with Gasteiger partial charge >= 0.3 is 0 Å². The van der Waals surface area contributed by atoms with E-state index >= 15 is 0 Å². The Morgan fingerprint density at radius 1 is 1.46 bits per heavy atom. The number of fused-ring (bicyclic) bond motifs is 1. The van der Waals surface area contributed by atoms with Crippen LogP contribution in [0, 0.1) is 12.8 Å². The van der Waals surface area contributed by atoms with E-state index in [4.69, 9.17) is 9.15 Å². The molecule has 4 heterocycles. The lowest BCUT2D eigenvalue weighted by atomic mass is 9.91. The Morgan fingerprint density at radius 3 is 3.08 bits per heavy atom. The van der Waals surface area contributed by atoms with Crippen LogP contribution in [-0.4, -0.2) is 47.0 Å². The van der Waals surface area contributed by atoms with Crippen LogP contribution in [0.3, 0.4) is 0 Å². The maximum Gasteiger partial charge on any atom is 0.273 e. The molecule has 0 spiro atoms. The summed E-state index contributed by atoms with van der Waals surface area (Å²) in [6.45, 7) is 3.44. The van der Waals surface area contributed by atoms with E-state index in [0.29, 0.717) is 43.4 Å². The molecule has 26 heavy (non-hydrogen) atoms. The number of nitrogens with one attached hydrogen (secondary N) is 1. The van der Waals surface area contributed by atoms with Gasteiger partial charge in [0.25, 0.3) is 5.91 Å². The molecule has 138 valence electrons. The van der Waals surface area contributed by atoms with Crippen LogP contribution in [0.2, 0.25) is 0 Å². The second-order valence-corrected chi connectivity index (χ2v) is 7.81. The van der Waals surface area contributed by atoms with Crippen LogP contribution in [-0.2, 0) is 16.1 Å². The molecular formula is C18H21N3O4S. The summed E-state index contributed by atoms with van der Waals surface area (Å²) in [5.74, 6) is 0.852. The lowest BCUT2D eigenvalue weighted by Crippen LogP contribution is -2.45. The molecule has 2 aliphatic heterocycles. The van der Waals surface area contributed by atoms with Gasteiger partial charge in [0.2, 0.25) is 5.91 Å². The summed E-state index contributed by atoms with van der Waals surface area (Å²) >= 11 is 1.47. The maximum absolute atomic E-state index is 12.6. The topological polar surface area (TPSA) is 84.7 Å². The highest BCUT2D eigenvalue weighted by Gasteiger charge is 2.43. The van der Waals surface area contributed by atoms with Crippen LogP contribution in [0.1, 0.15) is 34.1 Å². The van der Waals surface area contributed by atoms with E-state index in [2.05, 4.69) is 10.3 Å². The number of amides is 2. The van der Waals surface area contributed by atoms with Crippen molar-refractivity contribution in [2.45, 2.75) is 38.5 Å². The van der Waals surface area contributed by atoms with Gasteiger partial charge in [0.1, 0.15) is 17.6 Å². The minimum Gasteiger partial charge on any atom is -0.467 e. The third-order valence-corrected chi connectivity index (χ3v) is 5.76. The number of likely N-dealkylation sites (tertiary alicyclic amines) is 1. The summed E-state index contributed by atoms with van der Waals surface area (Å²) < 4.78 is 11.2. The van der Waals surface area contributed by atoms with Crippen molar-refractivity contribution in [1.29, 1.82) is 0 Å². The van der Waals surface area contributed by atoms with Gasteiger partial charge in [-0.25, -0.2) is 4.98 Å². The zero-order valence-electron chi connectivity index (χ0n) is 14.5. The number of aryl methyl sites for hydroxylation is 1. The number of piperidine rings is 1. The Kier molecular flexibility index (Phi) is 4.78. The van der Waals surface area contributed by atoms with Crippen LogP contribution >= 0.6 is 11.3 Å². The predicted molar refractivity (Wildman–Crippen MR) is 94.7 cm³/mol. The summed E-state index contributed by atoms with van der Waals surface area (Å²) in [4.78, 5) is 31.0. The van der Waals surface area contributed by atoms with E-state index in [0.717, 1.165) is 11.4 Å². The molecule has 1 N–H and O–H groups in total. The van der Waals surface area contributed by atoms with Gasteiger partial charge in [-0.3, -0.25) is 9.59 Å². The summed E-state index contributed by atoms with van der Waals surface area (Å²) in [6, 6.07) is 3.61. The van der Waals surface area contributed by atoms with Crippen molar-refractivity contribution in [3.05, 3.63) is 40.2 Å². The molecule has 7 nitrogen and oxygen atoms in total. The average Bonchev–Trinajstić information content (AvgIpc) is 3.38. The quantitative estimate of drug-likeness (QED) is 0.883. The highest BCUT2D eigenvalue weighted by atomic mass is 32.1. The fraction of sp³-hybridized carbons (Fsp3) is 0.500. The summed E-state index contributed by atoms with van der Waals surface area (Å²) in [5.41, 5.74) is 0.497. The molecule has 0 aromatic carbocycles. The Morgan fingerprint density at radius 2 is 2.35 bits per heavy atom. The first-order valence-corrected chi connectivity index (χ1v) is 9.65. The number of furan rings is 1. The third-order valence-electron chi connectivity index (χ3n) is 4.99. The number of hydrogen-bond donors (Lipinski definition) is 1. The number of nitrogens with zero attached hydrogens (tertiary/aromatic N) is 2. The smallest absolute Gasteiger partial charge is 0.273 e. The predicted octanol–water partition coefficient (Wildman–Crippen LogP) is 1.98. The minimum atomic E-state index is -0.462. The second-order valence-electron chi connectivity index (χ2n) is 6.75. The van der Waals surface area contributed by atoms with E-state index in [1.54, 1.807) is 22.6 Å². The number of carbonyl (C=O) groups excluding carboxylic acids is 2. The lowest BCUT2D eigenvalue weighted by Gasteiger charge is -2.33. The zero-order chi connectivity index (χ0) is 18.1. The molecule has 8 heteroatoms. The number of hydrogen-bond acceptors (Lipinski definition) is 6. The van der Waals surface area contributed by atoms with Crippen LogP contribution in [0.25, 0.3) is 0 Å². The van der Waals surface area contributed by atoms with Crippen molar-refractivity contribution in [2.75, 3.05) is 13.1 Å². The number of ether oxygens (including phenoxy) is 1. The molecule has 2 saturated heterocycles. The Labute approximate surface area is 155 Å². The Hall–Kier alpha value is -2.19. The molecule has 0 unspecified atom stereocenters. The first-order valence-electron chi connectivity index (χ1n) is 8.77. The van der Waals surface area contributed by atoms with Gasteiger partial charge in [0, 0.05) is 18.5 Å². The number of aromatic nitrogens is 1. The van der Waals surface area contributed by atoms with Gasteiger partial charge in [-0.1, -0.05) is 0 Å². The van der Waals surface area contributed by atoms with E-state index in [1.807, 2.05) is 13.0 Å². The van der Waals surface area contributed by atoms with Crippen molar-refractivity contribution in [3.8, 4) is 0 Å². The highest BCUT2D eigenvalue weighted by Crippen LogP contribution is 2.33. The third kappa shape index (κ3) is 3.52. The molecular weight excluding hydrogens is 354 g/mol. The van der Waals surface area contributed by atoms with Gasteiger partial charge in [0.15, 0.2) is 0 Å². The summed E-state index contributed by atoms with van der Waals surface area (Å²) in [6.07, 6.45) is 2.58. The SMILES string of the molecule is Cc1nc(C(=O)N2CC[C@H]3C[C@@H](C(=O)NCc4ccco4)O[C@@H]3C2)cs1. The largest absolute Gasteiger partial charge is 0.467 e. The number of rotatable bonds is 4. The fourth-order valence-corrected chi connectivity index (χ4v) is 4.20. The molecule has 2 fully saturated rings. The van der Waals surface area contributed by atoms with Crippen molar-refractivity contribution >= 4 is 23.2 Å². The zero-order valence-corrected chi connectivity index (χ0v) is 15.3. The van der Waals surface area contributed by atoms with E-state index < -0.39 is 6.10 Å². The lowest BCUT2D eigenvalue weighted by molar-refractivity contribution is -0.132. The van der Waals surface area contributed by atoms with E-state index in [-0.39, 0.29) is 17.9 Å². The van der Waals surface area contributed by atoms with Crippen LogP contribution in [0.15, 0.2) is 28.2 Å². The molecule has 0 aliphatic carbocycles. The first-order chi connectivity index (χ1) is 12.6. The van der Waals surface area contributed by atoms with Crippen LogP contribution < -0.4 is 5.32 Å². The molecule has 0 bridgehead atoms. The normalized spacial score (nSPS) is 25.1. The average molecular weight is 375 g/mol. The monoisotopic (exact) mass is 375 g/mol. The summed E-state index contributed by atoms with van der Waals surface area (Å²) in [5, 5.41) is 5.53. The maximum atomic E-state index is 12.6. The van der Waals surface area contributed by atoms with Gasteiger partial charge in [0.05, 0.1) is 23.9 Å². The molecule has 4 rings (SSSR count). The van der Waals surface area contributed by atoms with E-state index in [9.17, 15) is 9.59 Å². The summed E-state index contributed by atoms with van der Waals surface area (Å²) in [7, 11) is 0. The Bertz CT molecular complexity index is 788. The number of carbonyl (C=O) groups is 2. The molecule has 2 aliphatic rings. The molecule has 2 amide bonds. The second kappa shape index (κ2) is 7.20. The van der Waals surface area contributed by atoms with Crippen LogP contribution in [0.5, 0.6) is 0 Å². The first kappa shape index (κ1) is 17.2. The molecule has 0 radical (unpaired) electrons. The minimum absolute atomic E-state index is 0.0536. The van der Waals surface area contributed by atoms with Crippen molar-refractivity contribution in [2.24, 2.45) is 5.92 Å². The van der Waals surface area contributed by atoms with Gasteiger partial charge in [-0.15, -0.1) is 11.3 Å². The van der Waals surface area contributed by atoms with Gasteiger partial charge in [-0.2, -0.15) is 0 Å². The highest BCUT2D eigenvalue weighted by molar-refractivity contribution is 7.09. The standard InChI is InChI=1S/C18H21N3O4S/c1-11-20-14(10-26-11)18(23)21-5-4-12-7-15(25-16(12)9-21)17(22)19-8-13-3-2-6-24-13/h2-3,6,10,12,15-16H,4-5,7-9H2,1H3,(H,19,22)/t12-,15-,16+/m0/s1. The van der Waals surface area contributed by atoms with E-state index in [1.165, 1.54) is 11.3 Å².